The fraction of sp³-hybridized carbons (Fsp3) is 0.0476. The van der Waals surface area contributed by atoms with Gasteiger partial charge < -0.3 is 0 Å². The van der Waals surface area contributed by atoms with Crippen molar-refractivity contribution in [2.24, 2.45) is 0 Å². The summed E-state index contributed by atoms with van der Waals surface area (Å²) in [5.74, 6) is -0.568. The van der Waals surface area contributed by atoms with Crippen LogP contribution < -0.4 is 0 Å². The molecule has 0 atom stereocenters. The first-order valence-corrected chi connectivity index (χ1v) is 8.17. The van der Waals surface area contributed by atoms with Crippen LogP contribution in [0.3, 0.4) is 0 Å². The predicted molar refractivity (Wildman–Crippen MR) is 96.4 cm³/mol. The Labute approximate surface area is 149 Å². The quantitative estimate of drug-likeness (QED) is 0.524. The average molecular weight is 347 g/mol. The molecule has 0 bridgehead atoms. The predicted octanol–water partition coefficient (Wildman–Crippen LogP) is 4.94. The van der Waals surface area contributed by atoms with Crippen molar-refractivity contribution < 1.29 is 8.78 Å². The monoisotopic (exact) mass is 347 g/mol. The van der Waals surface area contributed by atoms with E-state index in [1.165, 1.54) is 24.3 Å². The molecule has 2 heterocycles. The van der Waals surface area contributed by atoms with E-state index in [4.69, 9.17) is 0 Å². The van der Waals surface area contributed by atoms with E-state index in [9.17, 15) is 8.78 Å². The van der Waals surface area contributed by atoms with Crippen LogP contribution in [0.5, 0.6) is 0 Å². The summed E-state index contributed by atoms with van der Waals surface area (Å²) in [6.45, 7) is 0.442. The molecule has 0 N–H and O–H groups in total. The van der Waals surface area contributed by atoms with Gasteiger partial charge in [0.25, 0.3) is 0 Å². The molecule has 0 fully saturated rings. The van der Waals surface area contributed by atoms with Gasteiger partial charge in [0.1, 0.15) is 17.3 Å². The highest BCUT2D eigenvalue weighted by atomic mass is 19.1. The molecule has 26 heavy (non-hydrogen) atoms. The van der Waals surface area contributed by atoms with Gasteiger partial charge in [-0.1, -0.05) is 12.1 Å². The molecule has 0 aliphatic carbocycles. The molecule has 0 unspecified atom stereocenters. The number of benzene rings is 2. The molecular formula is C21H15F2N3. The Hall–Kier alpha value is -3.34. The van der Waals surface area contributed by atoms with E-state index >= 15 is 0 Å². The first-order valence-electron chi connectivity index (χ1n) is 8.17. The minimum Gasteiger partial charge on any atom is -0.267 e. The SMILES string of the molecule is Fc1ccc(-c2nn(Cc3cccc(F)c3)cc2-c2ccncc2)cc1. The van der Waals surface area contributed by atoms with Gasteiger partial charge >= 0.3 is 0 Å². The Morgan fingerprint density at radius 2 is 1.58 bits per heavy atom. The van der Waals surface area contributed by atoms with Gasteiger partial charge in [0, 0.05) is 29.7 Å². The molecular weight excluding hydrogens is 332 g/mol. The van der Waals surface area contributed by atoms with Gasteiger partial charge in [0.15, 0.2) is 0 Å². The van der Waals surface area contributed by atoms with Gasteiger partial charge in [-0.05, 0) is 59.7 Å². The van der Waals surface area contributed by atoms with E-state index in [0.29, 0.717) is 6.54 Å². The maximum Gasteiger partial charge on any atom is 0.123 e. The molecule has 0 saturated carbocycles. The van der Waals surface area contributed by atoms with Crippen LogP contribution in [0.2, 0.25) is 0 Å². The van der Waals surface area contributed by atoms with Crippen LogP contribution in [-0.4, -0.2) is 14.8 Å². The van der Waals surface area contributed by atoms with Gasteiger partial charge in [-0.25, -0.2) is 8.78 Å². The smallest absolute Gasteiger partial charge is 0.123 e. The average Bonchev–Trinajstić information content (AvgIpc) is 3.07. The van der Waals surface area contributed by atoms with E-state index in [1.807, 2.05) is 24.4 Å². The van der Waals surface area contributed by atoms with Crippen LogP contribution in [0, 0.1) is 11.6 Å². The van der Waals surface area contributed by atoms with Crippen molar-refractivity contribution in [1.82, 2.24) is 14.8 Å². The van der Waals surface area contributed by atoms with Crippen LogP contribution in [0.15, 0.2) is 79.3 Å². The topological polar surface area (TPSA) is 30.7 Å². The maximum atomic E-state index is 13.5. The second kappa shape index (κ2) is 6.88. The van der Waals surface area contributed by atoms with Crippen molar-refractivity contribution in [3.05, 3.63) is 96.5 Å². The highest BCUT2D eigenvalue weighted by molar-refractivity contribution is 5.80. The van der Waals surface area contributed by atoms with Crippen molar-refractivity contribution in [2.45, 2.75) is 6.54 Å². The zero-order valence-electron chi connectivity index (χ0n) is 13.8. The minimum atomic E-state index is -0.293. The first-order chi connectivity index (χ1) is 12.7. The Balaban J connectivity index is 1.78. The number of rotatable bonds is 4. The summed E-state index contributed by atoms with van der Waals surface area (Å²) in [4.78, 5) is 4.05. The van der Waals surface area contributed by atoms with Gasteiger partial charge in [-0.15, -0.1) is 0 Å². The maximum absolute atomic E-state index is 13.5. The van der Waals surface area contributed by atoms with Crippen molar-refractivity contribution >= 4 is 0 Å². The third-order valence-corrected chi connectivity index (χ3v) is 4.10. The van der Waals surface area contributed by atoms with Crippen molar-refractivity contribution in [3.63, 3.8) is 0 Å². The Morgan fingerprint density at radius 1 is 0.808 bits per heavy atom. The highest BCUT2D eigenvalue weighted by Gasteiger charge is 2.13. The molecule has 0 aliphatic heterocycles. The van der Waals surface area contributed by atoms with Crippen LogP contribution in [0.1, 0.15) is 5.56 Å². The summed E-state index contributed by atoms with van der Waals surface area (Å²) < 4.78 is 28.5. The molecule has 2 aromatic carbocycles. The largest absolute Gasteiger partial charge is 0.267 e. The number of aromatic nitrogens is 3. The van der Waals surface area contributed by atoms with Gasteiger partial charge in [0.05, 0.1) is 6.54 Å². The van der Waals surface area contributed by atoms with Gasteiger partial charge in [0.2, 0.25) is 0 Å². The van der Waals surface area contributed by atoms with Gasteiger partial charge in [-0.2, -0.15) is 5.10 Å². The summed E-state index contributed by atoms with van der Waals surface area (Å²) in [5, 5.41) is 4.66. The lowest BCUT2D eigenvalue weighted by Gasteiger charge is -2.02. The molecule has 0 aliphatic rings. The lowest BCUT2D eigenvalue weighted by molar-refractivity contribution is 0.619. The second-order valence-electron chi connectivity index (χ2n) is 5.96. The zero-order valence-corrected chi connectivity index (χ0v) is 13.8. The molecule has 2 aromatic heterocycles. The van der Waals surface area contributed by atoms with E-state index in [1.54, 1.807) is 35.3 Å². The lowest BCUT2D eigenvalue weighted by Crippen LogP contribution is -2.00. The van der Waals surface area contributed by atoms with E-state index in [2.05, 4.69) is 10.1 Å². The highest BCUT2D eigenvalue weighted by Crippen LogP contribution is 2.31. The molecule has 5 heteroatoms. The molecule has 0 saturated heterocycles. The molecule has 0 amide bonds. The third kappa shape index (κ3) is 3.37. The number of halogens is 2. The summed E-state index contributed by atoms with van der Waals surface area (Å²) >= 11 is 0. The molecule has 0 spiro atoms. The van der Waals surface area contributed by atoms with E-state index in [0.717, 1.165) is 27.9 Å². The van der Waals surface area contributed by atoms with Crippen LogP contribution in [-0.2, 0) is 6.54 Å². The minimum absolute atomic E-state index is 0.275. The lowest BCUT2D eigenvalue weighted by atomic mass is 10.0. The fourth-order valence-corrected chi connectivity index (χ4v) is 2.89. The summed E-state index contributed by atoms with van der Waals surface area (Å²) in [7, 11) is 0. The third-order valence-electron chi connectivity index (χ3n) is 4.10. The molecule has 4 aromatic rings. The van der Waals surface area contributed by atoms with Crippen molar-refractivity contribution in [2.75, 3.05) is 0 Å². The Kier molecular flexibility index (Phi) is 4.27. The standard InChI is InChI=1S/C21H15F2N3/c22-18-6-4-17(5-7-18)21-20(16-8-10-24-11-9-16)14-26(25-21)13-15-2-1-3-19(23)12-15/h1-12,14H,13H2. The van der Waals surface area contributed by atoms with Crippen LogP contribution in [0.4, 0.5) is 8.78 Å². The zero-order chi connectivity index (χ0) is 17.9. The molecule has 128 valence electrons. The Bertz CT molecular complexity index is 1020. The van der Waals surface area contributed by atoms with E-state index < -0.39 is 0 Å². The second-order valence-corrected chi connectivity index (χ2v) is 5.96. The van der Waals surface area contributed by atoms with Crippen molar-refractivity contribution in [3.8, 4) is 22.4 Å². The number of nitrogens with zero attached hydrogens (tertiary/aromatic N) is 3. The number of pyridine rings is 1. The Morgan fingerprint density at radius 3 is 2.31 bits per heavy atom. The molecule has 3 nitrogen and oxygen atoms in total. The van der Waals surface area contributed by atoms with Crippen LogP contribution >= 0.6 is 0 Å². The van der Waals surface area contributed by atoms with E-state index in [-0.39, 0.29) is 11.6 Å². The summed E-state index contributed by atoms with van der Waals surface area (Å²) in [6, 6.07) is 16.5. The normalized spacial score (nSPS) is 10.8. The summed E-state index contributed by atoms with van der Waals surface area (Å²) in [6.07, 6.45) is 5.35. The first kappa shape index (κ1) is 16.1. The van der Waals surface area contributed by atoms with Crippen LogP contribution in [0.25, 0.3) is 22.4 Å². The summed E-state index contributed by atoms with van der Waals surface area (Å²) in [5.41, 5.74) is 4.25. The van der Waals surface area contributed by atoms with Crippen molar-refractivity contribution in [1.29, 1.82) is 0 Å². The molecule has 4 rings (SSSR count). The van der Waals surface area contributed by atoms with Gasteiger partial charge in [-0.3, -0.25) is 9.67 Å². The number of hydrogen-bond acceptors (Lipinski definition) is 2. The fourth-order valence-electron chi connectivity index (χ4n) is 2.89. The number of hydrogen-bond donors (Lipinski definition) is 0. The molecule has 0 radical (unpaired) electrons.